The maximum absolute atomic E-state index is 12.9. The average molecular weight is 985 g/mol. The van der Waals surface area contributed by atoms with Gasteiger partial charge in [0.1, 0.15) is 42.7 Å². The molecule has 0 amide bonds. The molecular formula is C55H101O12P. The minimum Gasteiger partial charge on any atom is -0.457 e. The van der Waals surface area contributed by atoms with Crippen LogP contribution in [0.4, 0.5) is 0 Å². The van der Waals surface area contributed by atoms with E-state index in [9.17, 15) is 39.8 Å². The SMILES string of the molecule is CCCCCCC/C=C\C/C=C\C/C=C\CCCCCCCCCOCC(COP(=O)(O)OC1C(O)C(O)C(O)C(O)C1O)OC(=O)CCCCCCCCCCC/C=C\CCCCCCCC. The van der Waals surface area contributed by atoms with Crippen molar-refractivity contribution < 1.29 is 58.3 Å². The van der Waals surface area contributed by atoms with Crippen molar-refractivity contribution in [3.8, 4) is 0 Å². The number of aliphatic hydroxyl groups excluding tert-OH is 5. The third kappa shape index (κ3) is 36.3. The van der Waals surface area contributed by atoms with Gasteiger partial charge in [-0.05, 0) is 77.0 Å². The minimum atomic E-state index is -5.03. The molecule has 0 aliphatic heterocycles. The first-order valence-corrected chi connectivity index (χ1v) is 29.0. The van der Waals surface area contributed by atoms with Crippen LogP contribution in [-0.4, -0.2) is 98.9 Å². The fourth-order valence-electron chi connectivity index (χ4n) is 8.30. The van der Waals surface area contributed by atoms with Gasteiger partial charge < -0.3 is 39.9 Å². The Bertz CT molecular complexity index is 1310. The van der Waals surface area contributed by atoms with Crippen molar-refractivity contribution >= 4 is 13.8 Å². The summed E-state index contributed by atoms with van der Waals surface area (Å²) in [4.78, 5) is 23.3. The number of carbonyl (C=O) groups excluding carboxylic acids is 1. The van der Waals surface area contributed by atoms with Crippen molar-refractivity contribution in [1.29, 1.82) is 0 Å². The van der Waals surface area contributed by atoms with Gasteiger partial charge in [-0.2, -0.15) is 0 Å². The highest BCUT2D eigenvalue weighted by Crippen LogP contribution is 2.47. The van der Waals surface area contributed by atoms with E-state index in [0.717, 1.165) is 64.2 Å². The number of phosphoric ester groups is 1. The highest BCUT2D eigenvalue weighted by molar-refractivity contribution is 7.47. The summed E-state index contributed by atoms with van der Waals surface area (Å²) in [5.74, 6) is -0.482. The van der Waals surface area contributed by atoms with Gasteiger partial charge in [-0.1, -0.05) is 197 Å². The molecule has 1 aliphatic carbocycles. The van der Waals surface area contributed by atoms with Crippen molar-refractivity contribution in [3.63, 3.8) is 0 Å². The Hall–Kier alpha value is -1.70. The maximum atomic E-state index is 12.9. The number of ether oxygens (including phenoxy) is 2. The van der Waals surface area contributed by atoms with Gasteiger partial charge in [-0.3, -0.25) is 13.8 Å². The molecule has 1 aliphatic rings. The van der Waals surface area contributed by atoms with Crippen LogP contribution in [0.2, 0.25) is 0 Å². The maximum Gasteiger partial charge on any atom is 0.472 e. The van der Waals surface area contributed by atoms with Crippen LogP contribution in [0.15, 0.2) is 48.6 Å². The lowest BCUT2D eigenvalue weighted by atomic mass is 9.85. The molecule has 0 aromatic rings. The molecular weight excluding hydrogens is 884 g/mol. The highest BCUT2D eigenvalue weighted by atomic mass is 31.2. The number of allylic oxidation sites excluding steroid dienone is 8. The quantitative estimate of drug-likeness (QED) is 0.0147. The van der Waals surface area contributed by atoms with E-state index in [1.807, 2.05) is 0 Å². The molecule has 6 N–H and O–H groups in total. The standard InChI is InChI=1S/C55H101O12P/c1-3-5-7-9-11-13-15-17-19-21-23-24-25-27-29-31-33-35-37-39-41-43-45-64-46-48(47-65-68(62,63)67-55-53(60)51(58)50(57)52(59)54(55)61)66-49(56)44-42-40-38-36-34-32-30-28-26-22-20-18-16-14-12-10-8-6-4-2/h15,17-18,20-21,23,25,27,48,50-55,57-61H,3-14,16,19,22,24,26,28-47H2,1-2H3,(H,62,63)/b17-15-,20-18-,23-21-,27-25-. The summed E-state index contributed by atoms with van der Waals surface area (Å²) < 4.78 is 34.4. The largest absolute Gasteiger partial charge is 0.472 e. The normalized spacial score (nSPS) is 21.5. The zero-order chi connectivity index (χ0) is 49.8. The number of carbonyl (C=O) groups is 1. The van der Waals surface area contributed by atoms with E-state index in [0.29, 0.717) is 13.0 Å². The molecule has 0 spiro atoms. The monoisotopic (exact) mass is 985 g/mol. The summed E-state index contributed by atoms with van der Waals surface area (Å²) >= 11 is 0. The molecule has 398 valence electrons. The van der Waals surface area contributed by atoms with E-state index >= 15 is 0 Å². The van der Waals surface area contributed by atoms with E-state index in [-0.39, 0.29) is 13.0 Å². The van der Waals surface area contributed by atoms with Crippen LogP contribution in [0, 0.1) is 0 Å². The molecule has 1 saturated carbocycles. The third-order valence-corrected chi connectivity index (χ3v) is 13.7. The molecule has 12 nitrogen and oxygen atoms in total. The minimum absolute atomic E-state index is 0.0842. The molecule has 68 heavy (non-hydrogen) atoms. The number of hydrogen-bond donors (Lipinski definition) is 6. The molecule has 0 aromatic heterocycles. The summed E-state index contributed by atoms with van der Waals surface area (Å²) in [6.07, 6.45) is 44.6. The van der Waals surface area contributed by atoms with Gasteiger partial charge in [0.2, 0.25) is 0 Å². The Labute approximate surface area is 414 Å². The van der Waals surface area contributed by atoms with Crippen LogP contribution in [0.1, 0.15) is 232 Å². The number of unbranched alkanes of at least 4 members (excludes halogenated alkanes) is 27. The van der Waals surface area contributed by atoms with Crippen LogP contribution in [0.3, 0.4) is 0 Å². The first-order valence-electron chi connectivity index (χ1n) is 27.5. The first kappa shape index (κ1) is 64.3. The van der Waals surface area contributed by atoms with Crippen molar-refractivity contribution in [3.05, 3.63) is 48.6 Å². The fourth-order valence-corrected chi connectivity index (χ4v) is 9.27. The van der Waals surface area contributed by atoms with Gasteiger partial charge in [0.25, 0.3) is 0 Å². The topological polar surface area (TPSA) is 192 Å². The summed E-state index contributed by atoms with van der Waals surface area (Å²) in [5.41, 5.74) is 0. The Balaban J connectivity index is 2.33. The van der Waals surface area contributed by atoms with Crippen LogP contribution in [0.5, 0.6) is 0 Å². The van der Waals surface area contributed by atoms with Gasteiger partial charge in [0.15, 0.2) is 0 Å². The van der Waals surface area contributed by atoms with E-state index in [1.54, 1.807) is 0 Å². The number of esters is 1. The molecule has 0 radical (unpaired) electrons. The number of rotatable bonds is 47. The van der Waals surface area contributed by atoms with Gasteiger partial charge in [0.05, 0.1) is 13.2 Å². The van der Waals surface area contributed by atoms with Crippen molar-refractivity contribution in [2.75, 3.05) is 19.8 Å². The third-order valence-electron chi connectivity index (χ3n) is 12.7. The zero-order valence-corrected chi connectivity index (χ0v) is 43.8. The lowest BCUT2D eigenvalue weighted by Crippen LogP contribution is -2.64. The Morgan fingerprint density at radius 3 is 1.26 bits per heavy atom. The van der Waals surface area contributed by atoms with Gasteiger partial charge in [-0.25, -0.2) is 4.57 Å². The molecule has 0 bridgehead atoms. The molecule has 6 unspecified atom stereocenters. The van der Waals surface area contributed by atoms with Crippen molar-refractivity contribution in [2.24, 2.45) is 0 Å². The Morgan fingerprint density at radius 2 is 0.824 bits per heavy atom. The second kappa shape index (κ2) is 45.2. The van der Waals surface area contributed by atoms with Crippen LogP contribution in [-0.2, 0) is 27.9 Å². The van der Waals surface area contributed by atoms with E-state index in [2.05, 4.69) is 62.5 Å². The predicted molar refractivity (Wildman–Crippen MR) is 276 cm³/mol. The van der Waals surface area contributed by atoms with E-state index in [1.165, 1.54) is 141 Å². The predicted octanol–water partition coefficient (Wildman–Crippen LogP) is 12.8. The van der Waals surface area contributed by atoms with Gasteiger partial charge in [-0.15, -0.1) is 0 Å². The van der Waals surface area contributed by atoms with Crippen molar-refractivity contribution in [2.45, 2.75) is 275 Å². The van der Waals surface area contributed by atoms with Gasteiger partial charge in [0, 0.05) is 13.0 Å². The second-order valence-electron chi connectivity index (χ2n) is 19.1. The molecule has 13 heteroatoms. The van der Waals surface area contributed by atoms with Crippen molar-refractivity contribution in [1.82, 2.24) is 0 Å². The van der Waals surface area contributed by atoms with Gasteiger partial charge >= 0.3 is 13.8 Å². The van der Waals surface area contributed by atoms with Crippen LogP contribution in [0.25, 0.3) is 0 Å². The van der Waals surface area contributed by atoms with Crippen LogP contribution < -0.4 is 0 Å². The number of phosphoric acid groups is 1. The fraction of sp³-hybridized carbons (Fsp3) is 0.836. The summed E-state index contributed by atoms with van der Waals surface area (Å²) in [6.45, 7) is 4.25. The smallest absolute Gasteiger partial charge is 0.457 e. The molecule has 1 rings (SSSR count). The number of hydrogen-bond acceptors (Lipinski definition) is 11. The zero-order valence-electron chi connectivity index (χ0n) is 42.9. The lowest BCUT2D eigenvalue weighted by Gasteiger charge is -2.41. The molecule has 6 atom stereocenters. The van der Waals surface area contributed by atoms with E-state index < -0.39 is 63.1 Å². The Morgan fingerprint density at radius 1 is 0.471 bits per heavy atom. The summed E-state index contributed by atoms with van der Waals surface area (Å²) in [7, 11) is -5.03. The summed E-state index contributed by atoms with van der Waals surface area (Å²) in [5, 5.41) is 50.4. The average Bonchev–Trinajstić information content (AvgIpc) is 3.32. The molecule has 0 aromatic carbocycles. The Kier molecular flexibility index (Phi) is 42.7. The highest BCUT2D eigenvalue weighted by Gasteiger charge is 2.51. The first-order chi connectivity index (χ1) is 33.0. The lowest BCUT2D eigenvalue weighted by molar-refractivity contribution is -0.220. The summed E-state index contributed by atoms with van der Waals surface area (Å²) in [6, 6.07) is 0. The number of aliphatic hydroxyl groups is 5. The molecule has 1 fully saturated rings. The second-order valence-corrected chi connectivity index (χ2v) is 20.5. The van der Waals surface area contributed by atoms with Crippen LogP contribution >= 0.6 is 7.82 Å². The molecule has 0 heterocycles. The molecule has 0 saturated heterocycles. The van der Waals surface area contributed by atoms with E-state index in [4.69, 9.17) is 18.5 Å².